The third-order valence-electron chi connectivity index (χ3n) is 8.85. The van der Waals surface area contributed by atoms with Gasteiger partial charge in [0.05, 0.1) is 35.5 Å². The highest BCUT2D eigenvalue weighted by Gasteiger charge is 2.45. The molecule has 2 aliphatic heterocycles. The Morgan fingerprint density at radius 2 is 1.80 bits per heavy atom. The van der Waals surface area contributed by atoms with Crippen LogP contribution < -0.4 is 10.6 Å². The van der Waals surface area contributed by atoms with Gasteiger partial charge in [0, 0.05) is 57.6 Å². The zero-order chi connectivity index (χ0) is 32.4. The van der Waals surface area contributed by atoms with Crippen LogP contribution in [-0.4, -0.2) is 103 Å². The van der Waals surface area contributed by atoms with Crippen molar-refractivity contribution in [2.75, 3.05) is 45.5 Å². The minimum atomic E-state index is -4.45. The summed E-state index contributed by atoms with van der Waals surface area (Å²) in [7, 11) is -1.99. The maximum absolute atomic E-state index is 13.9. The molecule has 244 valence electrons. The van der Waals surface area contributed by atoms with E-state index in [1.54, 1.807) is 19.2 Å². The molecular weight excluding hydrogens is 607 g/mol. The van der Waals surface area contributed by atoms with Crippen molar-refractivity contribution in [2.45, 2.75) is 50.3 Å². The van der Waals surface area contributed by atoms with E-state index < -0.39 is 45.9 Å². The molecule has 0 bridgehead atoms. The smallest absolute Gasteiger partial charge is 0.390 e. The first-order valence-electron chi connectivity index (χ1n) is 15.1. The molecule has 3 aliphatic rings. The molecule has 2 heterocycles. The molecule has 2 fully saturated rings. The van der Waals surface area contributed by atoms with Gasteiger partial charge in [-0.3, -0.25) is 9.69 Å². The maximum atomic E-state index is 13.9. The molecule has 13 heteroatoms. The quantitative estimate of drug-likeness (QED) is 0.364. The first kappa shape index (κ1) is 33.1. The number of nitrogens with zero attached hydrogens (tertiary/aromatic N) is 3. The molecule has 0 radical (unpaired) electrons. The lowest BCUT2D eigenvalue weighted by Crippen LogP contribution is -2.59. The summed E-state index contributed by atoms with van der Waals surface area (Å²) in [6.07, 6.45) is -1.70. The summed E-state index contributed by atoms with van der Waals surface area (Å²) in [6, 6.07) is 12.8. The second kappa shape index (κ2) is 13.6. The molecule has 4 atom stereocenters. The largest absolute Gasteiger partial charge is 0.416 e. The van der Waals surface area contributed by atoms with E-state index in [2.05, 4.69) is 20.4 Å². The van der Waals surface area contributed by atoms with E-state index in [4.69, 9.17) is 0 Å². The molecule has 45 heavy (non-hydrogen) atoms. The van der Waals surface area contributed by atoms with Crippen molar-refractivity contribution in [3.63, 3.8) is 0 Å². The van der Waals surface area contributed by atoms with Crippen LogP contribution in [0.1, 0.15) is 23.6 Å². The van der Waals surface area contributed by atoms with Crippen molar-refractivity contribution in [2.24, 2.45) is 0 Å². The number of rotatable bonds is 10. The van der Waals surface area contributed by atoms with Crippen LogP contribution in [0.2, 0.25) is 0 Å². The molecule has 3 N–H and O–H groups in total. The topological polar surface area (TPSA) is 105 Å². The van der Waals surface area contributed by atoms with Gasteiger partial charge in [-0.15, -0.1) is 0 Å². The van der Waals surface area contributed by atoms with Crippen LogP contribution >= 0.6 is 0 Å². The van der Waals surface area contributed by atoms with Gasteiger partial charge in [0.25, 0.3) is 5.91 Å². The Morgan fingerprint density at radius 3 is 2.51 bits per heavy atom. The summed E-state index contributed by atoms with van der Waals surface area (Å²) in [6.45, 7) is 4.70. The lowest BCUT2D eigenvalue weighted by atomic mass is 9.90. The number of benzene rings is 2. The fourth-order valence-electron chi connectivity index (χ4n) is 6.31. The highest BCUT2D eigenvalue weighted by Crippen LogP contribution is 2.34. The highest BCUT2D eigenvalue weighted by atomic mass is 32.2. The van der Waals surface area contributed by atoms with Gasteiger partial charge in [-0.1, -0.05) is 54.6 Å². The Kier molecular flexibility index (Phi) is 10.0. The fourth-order valence-corrected chi connectivity index (χ4v) is 7.61. The average molecular weight is 648 g/mol. The molecule has 0 aromatic heterocycles. The van der Waals surface area contributed by atoms with E-state index in [1.165, 1.54) is 10.4 Å². The number of carbonyl (C=O) groups excluding carboxylic acids is 1. The summed E-state index contributed by atoms with van der Waals surface area (Å²) >= 11 is 0. The van der Waals surface area contributed by atoms with E-state index in [0.717, 1.165) is 36.5 Å². The Bertz CT molecular complexity index is 1530. The van der Waals surface area contributed by atoms with Gasteiger partial charge in [-0.25, -0.2) is 8.42 Å². The zero-order valence-corrected chi connectivity index (χ0v) is 26.2. The van der Waals surface area contributed by atoms with Gasteiger partial charge in [0.1, 0.15) is 0 Å². The van der Waals surface area contributed by atoms with Crippen LogP contribution in [0.3, 0.4) is 0 Å². The van der Waals surface area contributed by atoms with Crippen molar-refractivity contribution in [3.8, 4) is 0 Å². The van der Waals surface area contributed by atoms with Crippen molar-refractivity contribution in [3.05, 3.63) is 94.7 Å². The first-order chi connectivity index (χ1) is 21.4. The number of hydrogen-bond donors (Lipinski definition) is 3. The molecule has 9 nitrogen and oxygen atoms in total. The van der Waals surface area contributed by atoms with Crippen molar-refractivity contribution in [1.82, 2.24) is 24.7 Å². The number of carbonyl (C=O) groups is 1. The number of nitrogens with one attached hydrogen (secondary N) is 2. The number of hydrogen-bond acceptors (Lipinski definition) is 7. The number of aliphatic hydroxyl groups excluding tert-OH is 1. The van der Waals surface area contributed by atoms with Crippen LogP contribution in [0.15, 0.2) is 78.0 Å². The zero-order valence-electron chi connectivity index (χ0n) is 25.4. The predicted molar refractivity (Wildman–Crippen MR) is 165 cm³/mol. The van der Waals surface area contributed by atoms with Crippen molar-refractivity contribution in [1.29, 1.82) is 0 Å². The number of alkyl halides is 3. The molecule has 2 unspecified atom stereocenters. The van der Waals surface area contributed by atoms with Crippen LogP contribution in [0, 0.1) is 0 Å². The normalized spacial score (nSPS) is 23.3. The number of amides is 1. The minimum Gasteiger partial charge on any atom is -0.390 e. The molecule has 2 aromatic carbocycles. The maximum Gasteiger partial charge on any atom is 0.416 e. The number of piperazine rings is 1. The summed E-state index contributed by atoms with van der Waals surface area (Å²) in [5.41, 5.74) is 1.76. The minimum absolute atomic E-state index is 0.00408. The van der Waals surface area contributed by atoms with Gasteiger partial charge in [-0.2, -0.15) is 17.5 Å². The number of likely N-dealkylation sites (N-methyl/N-ethyl adjacent to an activating group) is 2. The van der Waals surface area contributed by atoms with Crippen molar-refractivity contribution < 1.29 is 31.5 Å². The monoisotopic (exact) mass is 647 g/mol. The van der Waals surface area contributed by atoms with Crippen LogP contribution in [0.5, 0.6) is 0 Å². The van der Waals surface area contributed by atoms with Gasteiger partial charge in [0.15, 0.2) is 0 Å². The summed E-state index contributed by atoms with van der Waals surface area (Å²) < 4.78 is 66.9. The van der Waals surface area contributed by atoms with Gasteiger partial charge in [0.2, 0.25) is 10.0 Å². The first-order valence-corrected chi connectivity index (χ1v) is 16.8. The molecule has 2 saturated heterocycles. The number of aliphatic hydroxyl groups is 1. The molecule has 1 aliphatic carbocycles. The van der Waals surface area contributed by atoms with Crippen LogP contribution in [0.4, 0.5) is 13.2 Å². The standard InChI is InChI=1S/C32H40F3N5O4S/c1-3-39-12-13-40-14-15-45(43,44)38(2)27-18-24(19-28(39)30(27)40)31(42)37-26(17-22-8-5-4-6-9-22)29(41)21-36-20-23-10-7-11-25(16-23)32(33,34)35/h4-11,16,18-19,26-27,29-30,36,41H,3,12-15,17,20-21H2,1-2H3,(H,37,42)/t26-,27?,29+,30?/m0/s1. The molecule has 5 rings (SSSR count). The number of halogens is 3. The Balaban J connectivity index is 1.36. The van der Waals surface area contributed by atoms with E-state index in [9.17, 15) is 31.5 Å². The second-order valence-corrected chi connectivity index (χ2v) is 13.9. The SMILES string of the molecule is CCN1CCN2CCS(=O)(=O)N(C)C3C=C(C(=O)N[C@@H](Cc4ccccc4)[C@H](O)CNCc4cccc(C(F)(F)F)c4)C=C1C32. The van der Waals surface area contributed by atoms with Crippen LogP contribution in [-0.2, 0) is 34.0 Å². The van der Waals surface area contributed by atoms with E-state index >= 15 is 0 Å². The van der Waals surface area contributed by atoms with E-state index in [0.29, 0.717) is 30.6 Å². The van der Waals surface area contributed by atoms with Crippen LogP contribution in [0.25, 0.3) is 0 Å². The summed E-state index contributed by atoms with van der Waals surface area (Å²) in [4.78, 5) is 18.2. The molecule has 1 amide bonds. The van der Waals surface area contributed by atoms with E-state index in [1.807, 2.05) is 43.3 Å². The third kappa shape index (κ3) is 7.60. The Morgan fingerprint density at radius 1 is 1.07 bits per heavy atom. The van der Waals surface area contributed by atoms with E-state index in [-0.39, 0.29) is 24.9 Å². The van der Waals surface area contributed by atoms with Gasteiger partial charge < -0.3 is 20.6 Å². The molecule has 0 spiro atoms. The van der Waals surface area contributed by atoms with Crippen molar-refractivity contribution >= 4 is 15.9 Å². The molecule has 2 aromatic rings. The lowest BCUT2D eigenvalue weighted by Gasteiger charge is -2.48. The lowest BCUT2D eigenvalue weighted by molar-refractivity contribution is -0.137. The second-order valence-electron chi connectivity index (χ2n) is 11.7. The van der Waals surface area contributed by atoms with Gasteiger partial charge in [-0.05, 0) is 36.6 Å². The average Bonchev–Trinajstić information content (AvgIpc) is 3.11. The summed E-state index contributed by atoms with van der Waals surface area (Å²) in [5.74, 6) is -0.438. The third-order valence-corrected chi connectivity index (χ3v) is 10.7. The predicted octanol–water partition coefficient (Wildman–Crippen LogP) is 2.36. The fraction of sp³-hybridized carbons (Fsp3) is 0.469. The summed E-state index contributed by atoms with van der Waals surface area (Å²) in [5, 5.41) is 17.2. The van der Waals surface area contributed by atoms with Gasteiger partial charge >= 0.3 is 6.18 Å². The molecular formula is C32H40F3N5O4S. The Labute approximate surface area is 262 Å². The molecule has 0 saturated carbocycles. The highest BCUT2D eigenvalue weighted by molar-refractivity contribution is 7.89. The Hall–Kier alpha value is -3.23. The number of sulfonamides is 1.